The molecule has 0 aliphatic heterocycles. The molecule has 0 saturated carbocycles. The fraction of sp³-hybridized carbons (Fsp3) is 0.300. The molecule has 2 aromatic heterocycles. The van der Waals surface area contributed by atoms with Crippen LogP contribution >= 0.6 is 33.9 Å². The van der Waals surface area contributed by atoms with Crippen LogP contribution in [0.3, 0.4) is 0 Å². The molecule has 30 heavy (non-hydrogen) atoms. The van der Waals surface area contributed by atoms with Crippen LogP contribution in [0.25, 0.3) is 11.3 Å². The van der Waals surface area contributed by atoms with Crippen molar-refractivity contribution >= 4 is 51.9 Å². The van der Waals surface area contributed by atoms with Crippen LogP contribution in [0.4, 0.5) is 10.5 Å². The lowest BCUT2D eigenvalue weighted by atomic mass is 10.2. The van der Waals surface area contributed by atoms with E-state index in [9.17, 15) is 4.79 Å². The molecule has 2 heterocycles. The summed E-state index contributed by atoms with van der Waals surface area (Å²) in [6.07, 6.45) is 4.27. The zero-order chi connectivity index (χ0) is 21.7. The maximum Gasteiger partial charge on any atom is 0.408 e. The van der Waals surface area contributed by atoms with Crippen LogP contribution in [0.5, 0.6) is 0 Å². The van der Waals surface area contributed by atoms with Gasteiger partial charge in [-0.05, 0) is 68.5 Å². The van der Waals surface area contributed by atoms with Gasteiger partial charge in [0, 0.05) is 14.5 Å². The fourth-order valence-corrected chi connectivity index (χ4v) is 3.96. The minimum Gasteiger partial charge on any atom is -0.444 e. The first-order valence-electron chi connectivity index (χ1n) is 9.14. The molecule has 0 aliphatic carbocycles. The highest BCUT2D eigenvalue weighted by Crippen LogP contribution is 2.27. The molecule has 1 aromatic carbocycles. The second-order valence-corrected chi connectivity index (χ2v) is 9.46. The maximum absolute atomic E-state index is 11.9. The quantitative estimate of drug-likeness (QED) is 0.246. The van der Waals surface area contributed by atoms with Crippen LogP contribution < -0.4 is 10.7 Å². The lowest BCUT2D eigenvalue weighted by molar-refractivity contribution is 0.0507. The van der Waals surface area contributed by atoms with Gasteiger partial charge < -0.3 is 14.5 Å². The molecule has 0 aliphatic rings. The van der Waals surface area contributed by atoms with Crippen LogP contribution in [-0.4, -0.2) is 27.9 Å². The molecule has 1 atom stereocenters. The normalized spacial score (nSPS) is 12.7. The Kier molecular flexibility index (Phi) is 7.08. The summed E-state index contributed by atoms with van der Waals surface area (Å²) < 4.78 is 11.6. The minimum absolute atomic E-state index is 0.267. The Bertz CT molecular complexity index is 1030. The third kappa shape index (κ3) is 6.26. The molecule has 8 nitrogen and oxygen atoms in total. The Morgan fingerprint density at radius 1 is 1.40 bits per heavy atom. The first kappa shape index (κ1) is 22.2. The number of amides is 1. The second kappa shape index (κ2) is 9.56. The number of carbonyl (C=O) groups excluding carboxylic acids is 1. The summed E-state index contributed by atoms with van der Waals surface area (Å²) in [5, 5.41) is 9.64. The van der Waals surface area contributed by atoms with Crippen LogP contribution in [0, 0.1) is 3.57 Å². The first-order valence-corrected chi connectivity index (χ1v) is 11.1. The van der Waals surface area contributed by atoms with E-state index in [4.69, 9.17) is 9.15 Å². The van der Waals surface area contributed by atoms with E-state index in [0.29, 0.717) is 0 Å². The number of ether oxygens (including phenoxy) is 1. The second-order valence-electron chi connectivity index (χ2n) is 7.41. The number of benzene rings is 1. The van der Waals surface area contributed by atoms with Crippen LogP contribution in [0.15, 0.2) is 45.7 Å². The summed E-state index contributed by atoms with van der Waals surface area (Å²) in [4.78, 5) is 20.3. The van der Waals surface area contributed by atoms with Crippen LogP contribution in [0.2, 0.25) is 0 Å². The van der Waals surface area contributed by atoms with Crippen molar-refractivity contribution in [2.24, 2.45) is 5.10 Å². The highest BCUT2D eigenvalue weighted by atomic mass is 127. The summed E-state index contributed by atoms with van der Waals surface area (Å²) in [6.45, 7) is 7.33. The fourth-order valence-electron chi connectivity index (χ4n) is 2.41. The number of rotatable bonds is 6. The number of oxazole rings is 1. The van der Waals surface area contributed by atoms with Gasteiger partial charge in [0.25, 0.3) is 0 Å². The van der Waals surface area contributed by atoms with Crippen LogP contribution in [-0.2, 0) is 4.74 Å². The summed E-state index contributed by atoms with van der Waals surface area (Å²) >= 11 is 3.69. The van der Waals surface area contributed by atoms with Crippen molar-refractivity contribution < 1.29 is 13.9 Å². The van der Waals surface area contributed by atoms with Crippen molar-refractivity contribution in [1.29, 1.82) is 0 Å². The zero-order valence-electron chi connectivity index (χ0n) is 17.0. The van der Waals surface area contributed by atoms with Gasteiger partial charge in [0.15, 0.2) is 12.2 Å². The molecule has 0 spiro atoms. The van der Waals surface area contributed by atoms with Gasteiger partial charge in [-0.2, -0.15) is 5.10 Å². The van der Waals surface area contributed by atoms with Gasteiger partial charge in [-0.1, -0.05) is 0 Å². The van der Waals surface area contributed by atoms with Crippen molar-refractivity contribution in [1.82, 2.24) is 15.3 Å². The number of aromatic nitrogens is 2. The van der Waals surface area contributed by atoms with Gasteiger partial charge in [-0.3, -0.25) is 5.43 Å². The molecule has 0 radical (unpaired) electrons. The lowest BCUT2D eigenvalue weighted by Crippen LogP contribution is -2.34. The van der Waals surface area contributed by atoms with Gasteiger partial charge in [0.05, 0.1) is 29.8 Å². The monoisotopic (exact) mass is 539 g/mol. The molecule has 0 fully saturated rings. The van der Waals surface area contributed by atoms with Crippen molar-refractivity contribution in [3.8, 4) is 11.3 Å². The third-order valence-electron chi connectivity index (χ3n) is 3.75. The Balaban J connectivity index is 1.57. The summed E-state index contributed by atoms with van der Waals surface area (Å²) in [6, 6.07) is 5.57. The van der Waals surface area contributed by atoms with E-state index in [-0.39, 0.29) is 6.04 Å². The Morgan fingerprint density at radius 3 is 2.87 bits per heavy atom. The number of hydrazone groups is 1. The number of carbonyl (C=O) groups is 1. The van der Waals surface area contributed by atoms with E-state index in [1.54, 1.807) is 12.4 Å². The van der Waals surface area contributed by atoms with E-state index in [0.717, 1.165) is 31.3 Å². The number of thiazole rings is 1. The minimum atomic E-state index is -0.541. The molecule has 158 valence electrons. The van der Waals surface area contributed by atoms with E-state index >= 15 is 0 Å². The predicted octanol–water partition coefficient (Wildman–Crippen LogP) is 5.43. The number of nitrogens with zero attached hydrogens (tertiary/aromatic N) is 3. The van der Waals surface area contributed by atoms with Gasteiger partial charge in [-0.15, -0.1) is 11.3 Å². The molecule has 10 heteroatoms. The average Bonchev–Trinajstić information content (AvgIpc) is 3.32. The van der Waals surface area contributed by atoms with E-state index in [2.05, 4.69) is 48.4 Å². The Hall–Kier alpha value is -2.47. The first-order chi connectivity index (χ1) is 14.2. The third-order valence-corrected chi connectivity index (χ3v) is 5.44. The number of anilines is 1. The molecule has 3 aromatic rings. The largest absolute Gasteiger partial charge is 0.444 e. The molecular formula is C20H22IN5O3S. The highest BCUT2D eigenvalue weighted by molar-refractivity contribution is 14.1. The average molecular weight is 539 g/mol. The van der Waals surface area contributed by atoms with Crippen molar-refractivity contribution in [2.75, 3.05) is 5.43 Å². The molecule has 3 rings (SSSR count). The van der Waals surface area contributed by atoms with Gasteiger partial charge >= 0.3 is 6.09 Å². The van der Waals surface area contributed by atoms with Crippen molar-refractivity contribution in [2.45, 2.75) is 39.3 Å². The summed E-state index contributed by atoms with van der Waals surface area (Å²) in [5.74, 6) is 0.721. The van der Waals surface area contributed by atoms with Crippen LogP contribution in [0.1, 0.15) is 44.4 Å². The number of alkyl carbamates (subject to hydrolysis) is 1. The zero-order valence-corrected chi connectivity index (χ0v) is 19.9. The highest BCUT2D eigenvalue weighted by Gasteiger charge is 2.19. The Labute approximate surface area is 192 Å². The number of halogens is 1. The summed E-state index contributed by atoms with van der Waals surface area (Å²) in [7, 11) is 0. The van der Waals surface area contributed by atoms with Gasteiger partial charge in [0.1, 0.15) is 10.6 Å². The van der Waals surface area contributed by atoms with Crippen molar-refractivity contribution in [3.63, 3.8) is 0 Å². The summed E-state index contributed by atoms with van der Waals surface area (Å²) in [5.41, 5.74) is 5.02. The van der Waals surface area contributed by atoms with E-state index in [1.165, 1.54) is 17.7 Å². The maximum atomic E-state index is 11.9. The molecule has 2 N–H and O–H groups in total. The Morgan fingerprint density at radius 2 is 2.20 bits per heavy atom. The molecular weight excluding hydrogens is 517 g/mol. The topological polar surface area (TPSA) is 102 Å². The predicted molar refractivity (Wildman–Crippen MR) is 126 cm³/mol. The molecule has 0 saturated heterocycles. The number of hydrogen-bond donors (Lipinski definition) is 2. The molecule has 1 amide bonds. The SMILES string of the molecule is CC(NC(=O)OC(C)(C)C)c1csc(C=NNc2ccc(-c3cnco3)c(I)c2)n1. The van der Waals surface area contributed by atoms with Gasteiger partial charge in [-0.25, -0.2) is 14.8 Å². The van der Waals surface area contributed by atoms with Crippen molar-refractivity contribution in [3.05, 3.63) is 50.4 Å². The number of nitrogens with one attached hydrogen (secondary N) is 2. The lowest BCUT2D eigenvalue weighted by Gasteiger charge is -2.21. The van der Waals surface area contributed by atoms with E-state index in [1.807, 2.05) is 51.3 Å². The van der Waals surface area contributed by atoms with E-state index < -0.39 is 11.7 Å². The molecule has 0 bridgehead atoms. The van der Waals surface area contributed by atoms with Gasteiger partial charge in [0.2, 0.25) is 0 Å². The molecule has 1 unspecified atom stereocenters. The number of hydrogen-bond acceptors (Lipinski definition) is 8. The smallest absolute Gasteiger partial charge is 0.408 e. The standard InChI is InChI=1S/C20H22IN5O3S/c1-12(24-19(27)29-20(2,3)4)16-10-30-18(25-16)9-23-26-13-5-6-14(15(21)7-13)17-8-22-11-28-17/h5-12,26H,1-4H3,(H,24,27).